The number of halogens is 1. The van der Waals surface area contributed by atoms with E-state index in [4.69, 9.17) is 11.6 Å². The van der Waals surface area contributed by atoms with E-state index in [1.165, 1.54) is 0 Å². The number of rotatable bonds is 4. The largest absolute Gasteiger partial charge is 0.368 e. The maximum absolute atomic E-state index is 12.7. The van der Waals surface area contributed by atoms with Crippen LogP contribution in [0.5, 0.6) is 0 Å². The van der Waals surface area contributed by atoms with Gasteiger partial charge in [-0.05, 0) is 35.9 Å². The fourth-order valence-corrected chi connectivity index (χ4v) is 3.89. The molecule has 3 rings (SSSR count). The third-order valence-corrected chi connectivity index (χ3v) is 5.26. The van der Waals surface area contributed by atoms with Crippen molar-refractivity contribution in [2.24, 2.45) is 0 Å². The van der Waals surface area contributed by atoms with Crippen molar-refractivity contribution in [1.29, 1.82) is 0 Å². The normalized spacial score (nSPS) is 15.9. The van der Waals surface area contributed by atoms with E-state index in [1.807, 2.05) is 53.4 Å². The molecule has 0 radical (unpaired) electrons. The van der Waals surface area contributed by atoms with Crippen molar-refractivity contribution < 1.29 is 9.00 Å². The minimum absolute atomic E-state index is 0.0366. The summed E-state index contributed by atoms with van der Waals surface area (Å²) in [6, 6.07) is 15.2. The van der Waals surface area contributed by atoms with Gasteiger partial charge in [0, 0.05) is 65.3 Å². The monoisotopic (exact) mass is 376 g/mol. The maximum atomic E-state index is 12.7. The molecule has 1 atom stereocenters. The number of amides is 1. The van der Waals surface area contributed by atoms with E-state index in [-0.39, 0.29) is 5.91 Å². The summed E-state index contributed by atoms with van der Waals surface area (Å²) >= 11 is 6.06. The Morgan fingerprint density at radius 2 is 1.80 bits per heavy atom. The molecule has 0 spiro atoms. The van der Waals surface area contributed by atoms with Gasteiger partial charge in [0.15, 0.2) is 0 Å². The second kappa shape index (κ2) is 8.02. The molecule has 0 N–H and O–H groups in total. The van der Waals surface area contributed by atoms with Gasteiger partial charge in [0.25, 0.3) is 5.91 Å². The van der Waals surface area contributed by atoms with E-state index in [9.17, 15) is 9.00 Å². The molecule has 0 aromatic heterocycles. The van der Waals surface area contributed by atoms with Crippen LogP contribution in [-0.4, -0.2) is 47.5 Å². The van der Waals surface area contributed by atoms with Crippen molar-refractivity contribution in [2.45, 2.75) is 5.75 Å². The van der Waals surface area contributed by atoms with Crippen LogP contribution in [0.2, 0.25) is 5.02 Å². The molecule has 6 heteroatoms. The Morgan fingerprint density at radius 3 is 2.48 bits per heavy atom. The number of carbonyl (C=O) groups excluding carboxylic acids is 1. The van der Waals surface area contributed by atoms with Crippen LogP contribution in [0.15, 0.2) is 48.5 Å². The number of hydrogen-bond donors (Lipinski definition) is 0. The molecule has 1 aliphatic rings. The molecule has 4 nitrogen and oxygen atoms in total. The molecule has 1 unspecified atom stereocenters. The first kappa shape index (κ1) is 18.0. The van der Waals surface area contributed by atoms with Crippen LogP contribution in [0, 0.1) is 0 Å². The summed E-state index contributed by atoms with van der Waals surface area (Å²) in [6.45, 7) is 2.92. The predicted molar refractivity (Wildman–Crippen MR) is 104 cm³/mol. The third-order valence-electron chi connectivity index (χ3n) is 4.28. The van der Waals surface area contributed by atoms with E-state index in [2.05, 4.69) is 4.90 Å². The molecule has 2 aromatic carbocycles. The van der Waals surface area contributed by atoms with Gasteiger partial charge in [0.1, 0.15) is 0 Å². The molecule has 1 saturated heterocycles. The summed E-state index contributed by atoms with van der Waals surface area (Å²) in [5.41, 5.74) is 2.69. The Kier molecular flexibility index (Phi) is 5.76. The summed E-state index contributed by atoms with van der Waals surface area (Å²) in [6.07, 6.45) is 1.67. The molecule has 2 aromatic rings. The number of piperazine rings is 1. The Balaban J connectivity index is 1.64. The van der Waals surface area contributed by atoms with Gasteiger partial charge in [-0.2, -0.15) is 0 Å². The smallest absolute Gasteiger partial charge is 0.253 e. The summed E-state index contributed by atoms with van der Waals surface area (Å²) in [4.78, 5) is 16.9. The Labute approximate surface area is 155 Å². The lowest BCUT2D eigenvalue weighted by Crippen LogP contribution is -2.48. The highest BCUT2D eigenvalue weighted by molar-refractivity contribution is 7.83. The van der Waals surface area contributed by atoms with Crippen LogP contribution < -0.4 is 4.90 Å². The van der Waals surface area contributed by atoms with E-state index in [0.29, 0.717) is 24.4 Å². The number of carbonyl (C=O) groups is 1. The zero-order valence-corrected chi connectivity index (χ0v) is 15.7. The van der Waals surface area contributed by atoms with Gasteiger partial charge in [0.2, 0.25) is 0 Å². The Bertz CT molecular complexity index is 788. The average Bonchev–Trinajstić information content (AvgIpc) is 2.61. The zero-order chi connectivity index (χ0) is 17.8. The van der Waals surface area contributed by atoms with Crippen molar-refractivity contribution >= 4 is 34.0 Å². The summed E-state index contributed by atoms with van der Waals surface area (Å²) in [7, 11) is -0.913. The van der Waals surface area contributed by atoms with Gasteiger partial charge in [-0.3, -0.25) is 9.00 Å². The first-order valence-electron chi connectivity index (χ1n) is 8.22. The lowest BCUT2D eigenvalue weighted by atomic mass is 10.1. The second-order valence-corrected chi connectivity index (χ2v) is 8.05. The van der Waals surface area contributed by atoms with Crippen LogP contribution >= 0.6 is 11.6 Å². The molecule has 25 heavy (non-hydrogen) atoms. The van der Waals surface area contributed by atoms with Crippen LogP contribution in [0.3, 0.4) is 0 Å². The molecular formula is C19H21ClN2O2S. The topological polar surface area (TPSA) is 40.6 Å². The van der Waals surface area contributed by atoms with Crippen LogP contribution in [0.1, 0.15) is 15.9 Å². The number of benzene rings is 2. The highest BCUT2D eigenvalue weighted by Gasteiger charge is 2.22. The fraction of sp³-hybridized carbons (Fsp3) is 0.316. The quantitative estimate of drug-likeness (QED) is 0.822. The first-order valence-corrected chi connectivity index (χ1v) is 10.3. The van der Waals surface area contributed by atoms with Crippen molar-refractivity contribution in [2.75, 3.05) is 37.3 Å². The molecule has 0 bridgehead atoms. The molecule has 1 amide bonds. The summed E-state index contributed by atoms with van der Waals surface area (Å²) in [5, 5.41) is 0.723. The first-order chi connectivity index (χ1) is 12.0. The lowest BCUT2D eigenvalue weighted by molar-refractivity contribution is 0.0746. The molecule has 1 aliphatic heterocycles. The molecule has 132 valence electrons. The molecule has 1 fully saturated rings. The van der Waals surface area contributed by atoms with Gasteiger partial charge in [-0.1, -0.05) is 29.8 Å². The van der Waals surface area contributed by atoms with E-state index in [0.717, 1.165) is 29.4 Å². The predicted octanol–water partition coefficient (Wildman–Crippen LogP) is 3.18. The highest BCUT2D eigenvalue weighted by atomic mass is 35.5. The third kappa shape index (κ3) is 4.61. The fourth-order valence-electron chi connectivity index (χ4n) is 3.05. The maximum Gasteiger partial charge on any atom is 0.253 e. The molecule has 0 saturated carbocycles. The van der Waals surface area contributed by atoms with E-state index in [1.54, 1.807) is 6.26 Å². The Morgan fingerprint density at radius 1 is 1.08 bits per heavy atom. The van der Waals surface area contributed by atoms with Crippen molar-refractivity contribution in [3.05, 3.63) is 64.7 Å². The van der Waals surface area contributed by atoms with Crippen molar-refractivity contribution in [1.82, 2.24) is 4.90 Å². The van der Waals surface area contributed by atoms with Crippen molar-refractivity contribution in [3.8, 4) is 0 Å². The Hall–Kier alpha value is -1.85. The minimum Gasteiger partial charge on any atom is -0.368 e. The van der Waals surface area contributed by atoms with Crippen LogP contribution in [-0.2, 0) is 16.6 Å². The summed E-state index contributed by atoms with van der Waals surface area (Å²) < 4.78 is 11.4. The highest BCUT2D eigenvalue weighted by Crippen LogP contribution is 2.21. The van der Waals surface area contributed by atoms with Crippen LogP contribution in [0.25, 0.3) is 0 Å². The van der Waals surface area contributed by atoms with Gasteiger partial charge in [-0.15, -0.1) is 0 Å². The number of hydrogen-bond acceptors (Lipinski definition) is 3. The summed E-state index contributed by atoms with van der Waals surface area (Å²) in [5.74, 6) is 0.512. The van der Waals surface area contributed by atoms with E-state index < -0.39 is 10.8 Å². The van der Waals surface area contributed by atoms with Crippen LogP contribution in [0.4, 0.5) is 5.69 Å². The van der Waals surface area contributed by atoms with Gasteiger partial charge in [-0.25, -0.2) is 0 Å². The van der Waals surface area contributed by atoms with Gasteiger partial charge in [0.05, 0.1) is 0 Å². The number of anilines is 1. The number of nitrogens with zero attached hydrogens (tertiary/aromatic N) is 2. The minimum atomic E-state index is -0.913. The standard InChI is InChI=1S/C19H21ClN2O2S/c1-25(24)14-15-4-2-5-16(12-15)19(23)22-10-8-21(9-11-22)18-7-3-6-17(20)13-18/h2-7,12-13H,8-11,14H2,1H3. The molecule has 0 aliphatic carbocycles. The van der Waals surface area contributed by atoms with E-state index >= 15 is 0 Å². The SMILES string of the molecule is CS(=O)Cc1cccc(C(=O)N2CCN(c3cccc(Cl)c3)CC2)c1. The van der Waals surface area contributed by atoms with Gasteiger partial charge >= 0.3 is 0 Å². The average molecular weight is 377 g/mol. The molecule has 1 heterocycles. The second-order valence-electron chi connectivity index (χ2n) is 6.18. The lowest BCUT2D eigenvalue weighted by Gasteiger charge is -2.36. The van der Waals surface area contributed by atoms with Gasteiger partial charge < -0.3 is 9.80 Å². The van der Waals surface area contributed by atoms with Crippen molar-refractivity contribution in [3.63, 3.8) is 0 Å². The zero-order valence-electron chi connectivity index (χ0n) is 14.2. The molecular weight excluding hydrogens is 356 g/mol.